The third-order valence-corrected chi connectivity index (χ3v) is 5.72. The van der Waals surface area contributed by atoms with Crippen molar-refractivity contribution >= 4 is 14.0 Å². The molecular formula is C8H17NOSi. The molecule has 0 N–H and O–H groups in total. The zero-order valence-corrected chi connectivity index (χ0v) is 8.68. The van der Waals surface area contributed by atoms with Crippen LogP contribution in [0.2, 0.25) is 25.2 Å². The monoisotopic (exact) mass is 171 g/mol. The lowest BCUT2D eigenvalue weighted by molar-refractivity contribution is -0.128. The van der Waals surface area contributed by atoms with Crippen LogP contribution in [0, 0.1) is 0 Å². The molecule has 2 nitrogen and oxygen atoms in total. The van der Waals surface area contributed by atoms with Gasteiger partial charge in [0.1, 0.15) is 0 Å². The van der Waals surface area contributed by atoms with Gasteiger partial charge >= 0.3 is 0 Å². The molecule has 1 saturated heterocycles. The molecule has 3 heteroatoms. The molecule has 0 aliphatic carbocycles. The van der Waals surface area contributed by atoms with Crippen molar-refractivity contribution in [3.8, 4) is 0 Å². The second-order valence-corrected chi connectivity index (χ2v) is 9.50. The molecule has 1 aliphatic heterocycles. The summed E-state index contributed by atoms with van der Waals surface area (Å²) in [6, 6.07) is 2.57. The van der Waals surface area contributed by atoms with Crippen molar-refractivity contribution in [3.63, 3.8) is 0 Å². The van der Waals surface area contributed by atoms with Crippen LogP contribution < -0.4 is 0 Å². The van der Waals surface area contributed by atoms with E-state index in [0.29, 0.717) is 0 Å². The number of carbonyl (C=O) groups is 1. The number of hydrogen-bond donors (Lipinski definition) is 0. The van der Waals surface area contributed by atoms with Gasteiger partial charge in [-0.1, -0.05) is 13.1 Å². The molecule has 0 aromatic carbocycles. The first-order valence-electron chi connectivity index (χ1n) is 4.27. The molecule has 0 bridgehead atoms. The maximum Gasteiger partial charge on any atom is 0.219 e. The summed E-state index contributed by atoms with van der Waals surface area (Å²) in [7, 11) is -0.872. The van der Waals surface area contributed by atoms with E-state index >= 15 is 0 Å². The largest absolute Gasteiger partial charge is 0.344 e. The van der Waals surface area contributed by atoms with E-state index in [4.69, 9.17) is 0 Å². The van der Waals surface area contributed by atoms with Crippen molar-refractivity contribution in [1.29, 1.82) is 0 Å². The third-order valence-electron chi connectivity index (χ3n) is 2.56. The molecule has 0 atom stereocenters. The van der Waals surface area contributed by atoms with Gasteiger partial charge in [0.2, 0.25) is 5.91 Å². The van der Waals surface area contributed by atoms with Crippen LogP contribution in [-0.4, -0.2) is 32.0 Å². The second kappa shape index (κ2) is 2.97. The summed E-state index contributed by atoms with van der Waals surface area (Å²) in [6.45, 7) is 8.50. The lowest BCUT2D eigenvalue weighted by atomic mass is 10.5. The van der Waals surface area contributed by atoms with Gasteiger partial charge in [0, 0.05) is 20.0 Å². The summed E-state index contributed by atoms with van der Waals surface area (Å²) in [6.07, 6.45) is 0. The Hall–Kier alpha value is -0.313. The van der Waals surface area contributed by atoms with Crippen LogP contribution in [0.3, 0.4) is 0 Å². The predicted octanol–water partition coefficient (Wildman–Crippen LogP) is 1.56. The zero-order chi connectivity index (χ0) is 8.48. The Morgan fingerprint density at radius 2 is 1.73 bits per heavy atom. The van der Waals surface area contributed by atoms with Crippen molar-refractivity contribution in [2.24, 2.45) is 0 Å². The summed E-state index contributed by atoms with van der Waals surface area (Å²) in [5.41, 5.74) is 0. The second-order valence-electron chi connectivity index (χ2n) is 4.17. The summed E-state index contributed by atoms with van der Waals surface area (Å²) < 4.78 is 0. The minimum Gasteiger partial charge on any atom is -0.344 e. The van der Waals surface area contributed by atoms with Crippen LogP contribution in [0.15, 0.2) is 0 Å². The van der Waals surface area contributed by atoms with Gasteiger partial charge in [-0.15, -0.1) is 0 Å². The first-order valence-corrected chi connectivity index (χ1v) is 7.68. The Bertz CT molecular complexity index is 157. The molecule has 0 aromatic rings. The maximum atomic E-state index is 11.0. The maximum absolute atomic E-state index is 11.0. The van der Waals surface area contributed by atoms with E-state index in [1.165, 1.54) is 12.1 Å². The van der Waals surface area contributed by atoms with Crippen LogP contribution in [0.5, 0.6) is 0 Å². The number of hydrogen-bond acceptors (Lipinski definition) is 1. The van der Waals surface area contributed by atoms with Crippen LogP contribution in [0.1, 0.15) is 6.92 Å². The lowest BCUT2D eigenvalue weighted by Crippen LogP contribution is -2.44. The molecule has 0 saturated carbocycles. The van der Waals surface area contributed by atoms with Gasteiger partial charge in [0.05, 0.1) is 8.07 Å². The number of amides is 1. The topological polar surface area (TPSA) is 20.3 Å². The van der Waals surface area contributed by atoms with Crippen molar-refractivity contribution in [3.05, 3.63) is 0 Å². The van der Waals surface area contributed by atoms with E-state index in [9.17, 15) is 4.79 Å². The Kier molecular flexibility index (Phi) is 2.37. The average Bonchev–Trinajstić information content (AvgIpc) is 1.86. The highest BCUT2D eigenvalue weighted by atomic mass is 28.3. The van der Waals surface area contributed by atoms with Gasteiger partial charge in [-0.2, -0.15) is 0 Å². The molecule has 64 valence electrons. The fourth-order valence-corrected chi connectivity index (χ4v) is 3.43. The molecule has 1 aliphatic rings. The van der Waals surface area contributed by atoms with Crippen LogP contribution in [0.4, 0.5) is 0 Å². The zero-order valence-electron chi connectivity index (χ0n) is 7.68. The highest BCUT2D eigenvalue weighted by Gasteiger charge is 2.27. The molecule has 0 aromatic heterocycles. The average molecular weight is 171 g/mol. The fourth-order valence-electron chi connectivity index (χ4n) is 1.43. The molecule has 1 amide bonds. The highest BCUT2D eigenvalue weighted by molar-refractivity contribution is 6.77. The molecule has 1 fully saturated rings. The first-order chi connectivity index (χ1) is 5.01. The van der Waals surface area contributed by atoms with Gasteiger partial charge in [0.15, 0.2) is 0 Å². The summed E-state index contributed by atoms with van der Waals surface area (Å²) in [4.78, 5) is 12.9. The third kappa shape index (κ3) is 2.33. The van der Waals surface area contributed by atoms with E-state index < -0.39 is 8.07 Å². The van der Waals surface area contributed by atoms with Crippen molar-refractivity contribution in [2.75, 3.05) is 13.1 Å². The van der Waals surface area contributed by atoms with E-state index in [0.717, 1.165) is 13.1 Å². The van der Waals surface area contributed by atoms with Crippen molar-refractivity contribution in [1.82, 2.24) is 4.90 Å². The SMILES string of the molecule is CC(=O)N1CC[Si](C)(C)CC1. The van der Waals surface area contributed by atoms with Crippen LogP contribution >= 0.6 is 0 Å². The molecule has 0 spiro atoms. The number of carbonyl (C=O) groups excluding carboxylic acids is 1. The molecule has 1 heterocycles. The smallest absolute Gasteiger partial charge is 0.219 e. The molecular weight excluding hydrogens is 154 g/mol. The Balaban J connectivity index is 2.42. The quantitative estimate of drug-likeness (QED) is 0.506. The fraction of sp³-hybridized carbons (Fsp3) is 0.875. The van der Waals surface area contributed by atoms with Gasteiger partial charge < -0.3 is 4.90 Å². The summed E-state index contributed by atoms with van der Waals surface area (Å²) in [5.74, 6) is 0.245. The van der Waals surface area contributed by atoms with Gasteiger partial charge in [-0.25, -0.2) is 0 Å². The highest BCUT2D eigenvalue weighted by Crippen LogP contribution is 2.21. The van der Waals surface area contributed by atoms with Gasteiger partial charge in [-0.3, -0.25) is 4.79 Å². The molecule has 0 radical (unpaired) electrons. The Morgan fingerprint density at radius 3 is 2.09 bits per heavy atom. The molecule has 1 rings (SSSR count). The number of rotatable bonds is 0. The van der Waals surface area contributed by atoms with Gasteiger partial charge in [-0.05, 0) is 12.1 Å². The first kappa shape index (κ1) is 8.78. The van der Waals surface area contributed by atoms with E-state index in [2.05, 4.69) is 13.1 Å². The van der Waals surface area contributed by atoms with Crippen molar-refractivity contribution in [2.45, 2.75) is 32.1 Å². The molecule has 11 heavy (non-hydrogen) atoms. The van der Waals surface area contributed by atoms with Crippen LogP contribution in [0.25, 0.3) is 0 Å². The normalized spacial score (nSPS) is 23.4. The van der Waals surface area contributed by atoms with E-state index in [-0.39, 0.29) is 5.91 Å². The summed E-state index contributed by atoms with van der Waals surface area (Å²) >= 11 is 0. The number of nitrogens with zero attached hydrogens (tertiary/aromatic N) is 1. The van der Waals surface area contributed by atoms with Crippen molar-refractivity contribution < 1.29 is 4.79 Å². The summed E-state index contributed by atoms with van der Waals surface area (Å²) in [5, 5.41) is 0. The van der Waals surface area contributed by atoms with Crippen LogP contribution in [-0.2, 0) is 4.79 Å². The standard InChI is InChI=1S/C8H17NOSi/c1-8(10)9-4-6-11(2,3)7-5-9/h4-7H2,1-3H3. The van der Waals surface area contributed by atoms with E-state index in [1.807, 2.05) is 4.90 Å². The van der Waals surface area contributed by atoms with Gasteiger partial charge in [0.25, 0.3) is 0 Å². The Morgan fingerprint density at radius 1 is 1.27 bits per heavy atom. The minimum atomic E-state index is -0.872. The minimum absolute atomic E-state index is 0.245. The predicted molar refractivity (Wildman–Crippen MR) is 49.4 cm³/mol. The lowest BCUT2D eigenvalue weighted by Gasteiger charge is -2.34. The van der Waals surface area contributed by atoms with E-state index in [1.54, 1.807) is 6.92 Å². The Labute approximate surface area is 69.6 Å². The molecule has 0 unspecified atom stereocenters.